The molecule has 0 radical (unpaired) electrons. The second-order valence-corrected chi connectivity index (χ2v) is 5.61. The lowest BCUT2D eigenvalue weighted by molar-refractivity contribution is -0.123. The van der Waals surface area contributed by atoms with Gasteiger partial charge >= 0.3 is 0 Å². The highest BCUT2D eigenvalue weighted by Crippen LogP contribution is 2.15. The van der Waals surface area contributed by atoms with Crippen molar-refractivity contribution in [3.8, 4) is 0 Å². The molecule has 0 aliphatic rings. The molecule has 4 heteroatoms. The fourth-order valence-corrected chi connectivity index (χ4v) is 1.67. The van der Waals surface area contributed by atoms with Crippen LogP contribution < -0.4 is 10.6 Å². The van der Waals surface area contributed by atoms with Gasteiger partial charge in [-0.1, -0.05) is 6.92 Å². The second-order valence-electron chi connectivity index (χ2n) is 5.61. The first-order chi connectivity index (χ1) is 8.73. The van der Waals surface area contributed by atoms with Gasteiger partial charge in [0, 0.05) is 11.2 Å². The molecule has 0 fully saturated rings. The summed E-state index contributed by atoms with van der Waals surface area (Å²) in [6.07, 6.45) is 0.852. The summed E-state index contributed by atoms with van der Waals surface area (Å²) >= 11 is 0. The molecule has 0 saturated carbocycles. The molecule has 0 aliphatic heterocycles. The number of carbonyl (C=O) groups is 1. The van der Waals surface area contributed by atoms with E-state index in [1.54, 1.807) is 6.92 Å². The highest BCUT2D eigenvalue weighted by Gasteiger charge is 2.21. The molecule has 0 aromatic heterocycles. The van der Waals surface area contributed by atoms with Crippen LogP contribution in [0.2, 0.25) is 0 Å². The quantitative estimate of drug-likeness (QED) is 0.859. The van der Waals surface area contributed by atoms with E-state index in [9.17, 15) is 9.18 Å². The molecule has 3 nitrogen and oxygen atoms in total. The van der Waals surface area contributed by atoms with E-state index in [-0.39, 0.29) is 17.3 Å². The van der Waals surface area contributed by atoms with Crippen molar-refractivity contribution in [3.63, 3.8) is 0 Å². The van der Waals surface area contributed by atoms with Crippen LogP contribution in [0, 0.1) is 12.7 Å². The minimum absolute atomic E-state index is 0.0891. The van der Waals surface area contributed by atoms with Gasteiger partial charge in [0.1, 0.15) is 11.9 Å². The SMILES string of the molecule is CCC(C)(C)NC(=O)C(C)Nc1cc(C)cc(F)c1. The molecule has 1 atom stereocenters. The number of halogens is 1. The average Bonchev–Trinajstić information content (AvgIpc) is 2.26. The van der Waals surface area contributed by atoms with Crippen molar-refractivity contribution in [3.05, 3.63) is 29.6 Å². The van der Waals surface area contributed by atoms with Gasteiger partial charge in [-0.3, -0.25) is 4.79 Å². The van der Waals surface area contributed by atoms with Gasteiger partial charge in [-0.25, -0.2) is 4.39 Å². The lowest BCUT2D eigenvalue weighted by Crippen LogP contribution is -2.48. The predicted octanol–water partition coefficient (Wildman–Crippen LogP) is 3.24. The van der Waals surface area contributed by atoms with E-state index in [2.05, 4.69) is 10.6 Å². The van der Waals surface area contributed by atoms with E-state index in [1.165, 1.54) is 12.1 Å². The maximum absolute atomic E-state index is 13.3. The van der Waals surface area contributed by atoms with Crippen LogP contribution in [-0.4, -0.2) is 17.5 Å². The molecule has 0 aliphatic carbocycles. The van der Waals surface area contributed by atoms with Gasteiger partial charge in [0.15, 0.2) is 0 Å². The van der Waals surface area contributed by atoms with Crippen LogP contribution in [0.15, 0.2) is 18.2 Å². The molecule has 106 valence electrons. The molecular weight excluding hydrogens is 243 g/mol. The summed E-state index contributed by atoms with van der Waals surface area (Å²) in [5.41, 5.74) is 1.21. The highest BCUT2D eigenvalue weighted by atomic mass is 19.1. The predicted molar refractivity (Wildman–Crippen MR) is 76.7 cm³/mol. The van der Waals surface area contributed by atoms with Gasteiger partial charge in [-0.15, -0.1) is 0 Å². The van der Waals surface area contributed by atoms with Gasteiger partial charge in [0.25, 0.3) is 0 Å². The van der Waals surface area contributed by atoms with Crippen LogP contribution in [0.3, 0.4) is 0 Å². The van der Waals surface area contributed by atoms with Crippen molar-refractivity contribution < 1.29 is 9.18 Å². The number of carbonyl (C=O) groups excluding carboxylic acids is 1. The summed E-state index contributed by atoms with van der Waals surface area (Å²) in [5.74, 6) is -0.391. The van der Waals surface area contributed by atoms with Crippen LogP contribution in [0.25, 0.3) is 0 Å². The lowest BCUT2D eigenvalue weighted by Gasteiger charge is -2.27. The Kier molecular flexibility index (Phi) is 4.92. The third-order valence-electron chi connectivity index (χ3n) is 3.16. The van der Waals surface area contributed by atoms with Crippen molar-refractivity contribution in [2.75, 3.05) is 5.32 Å². The van der Waals surface area contributed by atoms with Crippen LogP contribution in [0.1, 0.15) is 39.7 Å². The Hall–Kier alpha value is -1.58. The molecule has 19 heavy (non-hydrogen) atoms. The summed E-state index contributed by atoms with van der Waals surface area (Å²) in [5, 5.41) is 5.98. The molecular formula is C15H23FN2O. The molecule has 0 saturated heterocycles. The zero-order chi connectivity index (χ0) is 14.6. The standard InChI is InChI=1S/C15H23FN2O/c1-6-15(4,5)18-14(19)11(3)17-13-8-10(2)7-12(16)9-13/h7-9,11,17H,6H2,1-5H3,(H,18,19). The first kappa shape index (κ1) is 15.5. The minimum Gasteiger partial charge on any atom is -0.374 e. The van der Waals surface area contributed by atoms with Crippen molar-refractivity contribution >= 4 is 11.6 Å². The second kappa shape index (κ2) is 6.04. The molecule has 0 bridgehead atoms. The number of aryl methyl sites for hydroxylation is 1. The first-order valence-electron chi connectivity index (χ1n) is 6.59. The maximum Gasteiger partial charge on any atom is 0.242 e. The summed E-state index contributed by atoms with van der Waals surface area (Å²) in [6, 6.07) is 4.25. The van der Waals surface area contributed by atoms with Crippen molar-refractivity contribution in [1.82, 2.24) is 5.32 Å². The molecule has 2 N–H and O–H groups in total. The molecule has 1 amide bonds. The van der Waals surface area contributed by atoms with Crippen LogP contribution >= 0.6 is 0 Å². The summed E-state index contributed by atoms with van der Waals surface area (Å²) in [7, 11) is 0. The Morgan fingerprint density at radius 3 is 2.53 bits per heavy atom. The van der Waals surface area contributed by atoms with Crippen LogP contribution in [0.5, 0.6) is 0 Å². The third kappa shape index (κ3) is 4.89. The number of nitrogens with one attached hydrogen (secondary N) is 2. The Bertz CT molecular complexity index is 437. The number of hydrogen-bond acceptors (Lipinski definition) is 2. The Morgan fingerprint density at radius 1 is 1.37 bits per heavy atom. The summed E-state index contributed by atoms with van der Waals surface area (Å²) < 4.78 is 13.3. The van der Waals surface area contributed by atoms with E-state index in [0.717, 1.165) is 12.0 Å². The van der Waals surface area contributed by atoms with E-state index in [0.29, 0.717) is 5.69 Å². The first-order valence-corrected chi connectivity index (χ1v) is 6.59. The topological polar surface area (TPSA) is 41.1 Å². The Labute approximate surface area is 114 Å². The summed E-state index contributed by atoms with van der Waals surface area (Å²) in [6.45, 7) is 9.56. The van der Waals surface area contributed by atoms with E-state index < -0.39 is 6.04 Å². The number of hydrogen-bond donors (Lipinski definition) is 2. The molecule has 0 spiro atoms. The monoisotopic (exact) mass is 266 g/mol. The molecule has 1 rings (SSSR count). The minimum atomic E-state index is -0.410. The third-order valence-corrected chi connectivity index (χ3v) is 3.16. The van der Waals surface area contributed by atoms with Gasteiger partial charge in [0.2, 0.25) is 5.91 Å². The summed E-state index contributed by atoms with van der Waals surface area (Å²) in [4.78, 5) is 12.0. The highest BCUT2D eigenvalue weighted by molar-refractivity contribution is 5.84. The van der Waals surface area contributed by atoms with Crippen molar-refractivity contribution in [2.24, 2.45) is 0 Å². The lowest BCUT2D eigenvalue weighted by atomic mass is 10.0. The van der Waals surface area contributed by atoms with Gasteiger partial charge in [0.05, 0.1) is 0 Å². The average molecular weight is 266 g/mol. The van der Waals surface area contributed by atoms with Gasteiger partial charge < -0.3 is 10.6 Å². The number of rotatable bonds is 5. The normalized spacial score (nSPS) is 12.9. The number of anilines is 1. The van der Waals surface area contributed by atoms with E-state index >= 15 is 0 Å². The molecule has 1 aromatic carbocycles. The molecule has 1 unspecified atom stereocenters. The van der Waals surface area contributed by atoms with Gasteiger partial charge in [-0.2, -0.15) is 0 Å². The Morgan fingerprint density at radius 2 is 2.00 bits per heavy atom. The number of benzene rings is 1. The zero-order valence-corrected chi connectivity index (χ0v) is 12.3. The maximum atomic E-state index is 13.3. The number of amides is 1. The zero-order valence-electron chi connectivity index (χ0n) is 12.3. The fourth-order valence-electron chi connectivity index (χ4n) is 1.67. The van der Waals surface area contributed by atoms with Gasteiger partial charge in [-0.05, 0) is 57.9 Å². The smallest absolute Gasteiger partial charge is 0.242 e. The van der Waals surface area contributed by atoms with E-state index in [1.807, 2.05) is 33.8 Å². The molecule has 1 aromatic rings. The Balaban J connectivity index is 2.68. The van der Waals surface area contributed by atoms with Crippen LogP contribution in [0.4, 0.5) is 10.1 Å². The molecule has 0 heterocycles. The van der Waals surface area contributed by atoms with Crippen LogP contribution in [-0.2, 0) is 4.79 Å². The fraction of sp³-hybridized carbons (Fsp3) is 0.533. The van der Waals surface area contributed by atoms with E-state index in [4.69, 9.17) is 0 Å². The largest absolute Gasteiger partial charge is 0.374 e. The van der Waals surface area contributed by atoms with Crippen molar-refractivity contribution in [1.29, 1.82) is 0 Å². The van der Waals surface area contributed by atoms with Crippen molar-refractivity contribution in [2.45, 2.75) is 52.6 Å².